The van der Waals surface area contributed by atoms with Crippen LogP contribution < -0.4 is 0 Å². The van der Waals surface area contributed by atoms with E-state index in [1.54, 1.807) is 0 Å². The van der Waals surface area contributed by atoms with Gasteiger partial charge in [0.15, 0.2) is 8.32 Å². The number of alkyl halides is 1. The third kappa shape index (κ3) is 8.23. The SMILES string of the molecule is CC(C)(C)[Si](C)(C)OCCCCCCCCCl. The van der Waals surface area contributed by atoms with Crippen LogP contribution in [0.1, 0.15) is 59.3 Å². The lowest BCUT2D eigenvalue weighted by Crippen LogP contribution is -2.40. The molecule has 0 aliphatic rings. The van der Waals surface area contributed by atoms with Gasteiger partial charge in [-0.1, -0.05) is 46.5 Å². The molecule has 0 aromatic rings. The van der Waals surface area contributed by atoms with Crippen molar-refractivity contribution in [2.75, 3.05) is 12.5 Å². The molecule has 0 bridgehead atoms. The lowest BCUT2D eigenvalue weighted by atomic mass is 10.1. The molecule has 0 aliphatic carbocycles. The molecule has 0 amide bonds. The van der Waals surface area contributed by atoms with E-state index in [4.69, 9.17) is 16.0 Å². The maximum absolute atomic E-state index is 6.14. The number of hydrogen-bond acceptors (Lipinski definition) is 1. The van der Waals surface area contributed by atoms with E-state index in [0.717, 1.165) is 12.5 Å². The molecule has 1 nitrogen and oxygen atoms in total. The van der Waals surface area contributed by atoms with Crippen molar-refractivity contribution >= 4 is 19.9 Å². The van der Waals surface area contributed by atoms with Gasteiger partial charge in [0.05, 0.1) is 0 Å². The monoisotopic (exact) mass is 278 g/mol. The van der Waals surface area contributed by atoms with Crippen LogP contribution in [0.3, 0.4) is 0 Å². The maximum Gasteiger partial charge on any atom is 0.191 e. The van der Waals surface area contributed by atoms with Crippen LogP contribution in [-0.2, 0) is 4.43 Å². The molecule has 0 atom stereocenters. The minimum Gasteiger partial charge on any atom is -0.417 e. The molecule has 0 fully saturated rings. The fourth-order valence-electron chi connectivity index (χ4n) is 1.45. The Hall–Kier alpha value is 0.467. The van der Waals surface area contributed by atoms with Gasteiger partial charge in [-0.2, -0.15) is 0 Å². The predicted octanol–water partition coefficient (Wildman–Crippen LogP) is 5.59. The van der Waals surface area contributed by atoms with Crippen molar-refractivity contribution in [3.63, 3.8) is 0 Å². The largest absolute Gasteiger partial charge is 0.417 e. The molecule has 104 valence electrons. The summed E-state index contributed by atoms with van der Waals surface area (Å²) in [5.41, 5.74) is 0. The van der Waals surface area contributed by atoms with E-state index in [1.807, 2.05) is 0 Å². The van der Waals surface area contributed by atoms with Crippen molar-refractivity contribution in [1.29, 1.82) is 0 Å². The smallest absolute Gasteiger partial charge is 0.191 e. The topological polar surface area (TPSA) is 9.23 Å². The first-order chi connectivity index (χ1) is 7.81. The van der Waals surface area contributed by atoms with Gasteiger partial charge in [-0.15, -0.1) is 11.6 Å². The van der Waals surface area contributed by atoms with Crippen molar-refractivity contribution in [2.24, 2.45) is 0 Å². The van der Waals surface area contributed by atoms with Crippen molar-refractivity contribution in [3.05, 3.63) is 0 Å². The van der Waals surface area contributed by atoms with Gasteiger partial charge in [-0.05, 0) is 31.0 Å². The van der Waals surface area contributed by atoms with Crippen LogP contribution in [0.15, 0.2) is 0 Å². The minimum absolute atomic E-state index is 0.341. The first-order valence-electron chi connectivity index (χ1n) is 7.01. The molecule has 0 spiro atoms. The van der Waals surface area contributed by atoms with E-state index in [2.05, 4.69) is 33.9 Å². The zero-order valence-corrected chi connectivity index (χ0v) is 14.2. The van der Waals surface area contributed by atoms with Gasteiger partial charge in [0, 0.05) is 12.5 Å². The van der Waals surface area contributed by atoms with Crippen LogP contribution in [0.25, 0.3) is 0 Å². The van der Waals surface area contributed by atoms with Gasteiger partial charge < -0.3 is 4.43 Å². The van der Waals surface area contributed by atoms with E-state index >= 15 is 0 Å². The van der Waals surface area contributed by atoms with Crippen LogP contribution in [-0.4, -0.2) is 20.8 Å². The van der Waals surface area contributed by atoms with Crippen molar-refractivity contribution in [1.82, 2.24) is 0 Å². The quantitative estimate of drug-likeness (QED) is 0.304. The molecule has 0 heterocycles. The van der Waals surface area contributed by atoms with E-state index < -0.39 is 8.32 Å². The first kappa shape index (κ1) is 17.5. The van der Waals surface area contributed by atoms with Gasteiger partial charge in [-0.3, -0.25) is 0 Å². The molecule has 0 radical (unpaired) electrons. The highest BCUT2D eigenvalue weighted by molar-refractivity contribution is 6.74. The highest BCUT2D eigenvalue weighted by Gasteiger charge is 2.36. The number of halogens is 1. The average molecular weight is 279 g/mol. The molecule has 0 rings (SSSR count). The van der Waals surface area contributed by atoms with Gasteiger partial charge in [0.2, 0.25) is 0 Å². The Bertz CT molecular complexity index is 187. The Labute approximate surface area is 114 Å². The van der Waals surface area contributed by atoms with E-state index in [1.165, 1.54) is 38.5 Å². The molecule has 0 N–H and O–H groups in total. The summed E-state index contributed by atoms with van der Waals surface area (Å²) < 4.78 is 6.14. The Kier molecular flexibility index (Phi) is 8.78. The first-order valence-corrected chi connectivity index (χ1v) is 10.5. The predicted molar refractivity (Wildman–Crippen MR) is 81.6 cm³/mol. The molecule has 0 aromatic carbocycles. The van der Waals surface area contributed by atoms with E-state index in [-0.39, 0.29) is 0 Å². The second-order valence-electron chi connectivity index (χ2n) is 6.42. The highest BCUT2D eigenvalue weighted by atomic mass is 35.5. The Morgan fingerprint density at radius 1 is 0.882 bits per heavy atom. The zero-order chi connectivity index (χ0) is 13.4. The maximum atomic E-state index is 6.14. The summed E-state index contributed by atoms with van der Waals surface area (Å²) in [6.45, 7) is 12.5. The van der Waals surface area contributed by atoms with Crippen LogP contribution in [0, 0.1) is 0 Å². The fraction of sp³-hybridized carbons (Fsp3) is 1.00. The summed E-state index contributed by atoms with van der Waals surface area (Å²) in [5, 5.41) is 0.341. The molecule has 0 aromatic heterocycles. The van der Waals surface area contributed by atoms with Gasteiger partial charge in [-0.25, -0.2) is 0 Å². The standard InChI is InChI=1S/C14H31ClOSi/c1-14(2,3)17(4,5)16-13-11-9-7-6-8-10-12-15/h6-13H2,1-5H3. The van der Waals surface area contributed by atoms with Crippen molar-refractivity contribution in [2.45, 2.75) is 77.4 Å². The van der Waals surface area contributed by atoms with Crippen molar-refractivity contribution < 1.29 is 4.43 Å². The Morgan fingerprint density at radius 2 is 1.35 bits per heavy atom. The summed E-state index contributed by atoms with van der Waals surface area (Å²) >= 11 is 5.64. The minimum atomic E-state index is -1.50. The van der Waals surface area contributed by atoms with Gasteiger partial charge >= 0.3 is 0 Å². The summed E-state index contributed by atoms with van der Waals surface area (Å²) in [7, 11) is -1.50. The van der Waals surface area contributed by atoms with E-state index in [0.29, 0.717) is 5.04 Å². The van der Waals surface area contributed by atoms with Crippen LogP contribution in [0.5, 0.6) is 0 Å². The van der Waals surface area contributed by atoms with Gasteiger partial charge in [0.25, 0.3) is 0 Å². The molecule has 17 heavy (non-hydrogen) atoms. The average Bonchev–Trinajstić information content (AvgIpc) is 2.20. The molecule has 0 unspecified atom stereocenters. The Balaban J connectivity index is 3.46. The van der Waals surface area contributed by atoms with Crippen molar-refractivity contribution in [3.8, 4) is 0 Å². The summed E-state index contributed by atoms with van der Waals surface area (Å²) in [6.07, 6.45) is 7.63. The molecular formula is C14H31ClOSi. The summed E-state index contributed by atoms with van der Waals surface area (Å²) in [6, 6.07) is 0. The lowest BCUT2D eigenvalue weighted by molar-refractivity contribution is 0.277. The van der Waals surface area contributed by atoms with E-state index in [9.17, 15) is 0 Å². The van der Waals surface area contributed by atoms with Crippen LogP contribution in [0.2, 0.25) is 18.1 Å². The molecule has 0 aliphatic heterocycles. The van der Waals surface area contributed by atoms with Crippen LogP contribution in [0.4, 0.5) is 0 Å². The molecule has 0 saturated heterocycles. The van der Waals surface area contributed by atoms with Crippen LogP contribution >= 0.6 is 11.6 Å². The molecular weight excluding hydrogens is 248 g/mol. The normalized spacial score (nSPS) is 13.1. The molecule has 0 saturated carbocycles. The number of unbranched alkanes of at least 4 members (excludes halogenated alkanes) is 5. The Morgan fingerprint density at radius 3 is 1.82 bits per heavy atom. The number of rotatable bonds is 9. The number of hydrogen-bond donors (Lipinski definition) is 0. The highest BCUT2D eigenvalue weighted by Crippen LogP contribution is 2.36. The summed E-state index contributed by atoms with van der Waals surface area (Å²) in [5.74, 6) is 0.814. The third-order valence-corrected chi connectivity index (χ3v) is 8.60. The lowest BCUT2D eigenvalue weighted by Gasteiger charge is -2.36. The second-order valence-corrected chi connectivity index (χ2v) is 11.6. The summed E-state index contributed by atoms with van der Waals surface area (Å²) in [4.78, 5) is 0. The molecule has 3 heteroatoms. The third-order valence-electron chi connectivity index (χ3n) is 3.80. The zero-order valence-electron chi connectivity index (χ0n) is 12.4. The van der Waals surface area contributed by atoms with Gasteiger partial charge in [0.1, 0.15) is 0 Å². The fourth-order valence-corrected chi connectivity index (χ4v) is 2.72. The second kappa shape index (κ2) is 8.55.